The summed E-state index contributed by atoms with van der Waals surface area (Å²) in [5.74, 6) is -0.267. The third-order valence-corrected chi connectivity index (χ3v) is 5.99. The molecule has 0 fully saturated rings. The van der Waals surface area contributed by atoms with Crippen molar-refractivity contribution in [3.63, 3.8) is 0 Å². The third-order valence-electron chi connectivity index (χ3n) is 4.61. The molecule has 1 aliphatic rings. The van der Waals surface area contributed by atoms with Crippen molar-refractivity contribution in [2.45, 2.75) is 26.4 Å². The zero-order chi connectivity index (χ0) is 19.0. The van der Waals surface area contributed by atoms with Crippen LogP contribution in [0, 0.1) is 6.92 Å². The van der Waals surface area contributed by atoms with Crippen LogP contribution in [0.5, 0.6) is 0 Å². The van der Waals surface area contributed by atoms with Crippen LogP contribution in [0.15, 0.2) is 30.3 Å². The summed E-state index contributed by atoms with van der Waals surface area (Å²) in [7, 11) is 2.09. The fourth-order valence-corrected chi connectivity index (χ4v) is 4.61. The molecule has 6 nitrogen and oxygen atoms in total. The van der Waals surface area contributed by atoms with Crippen LogP contribution in [0.25, 0.3) is 0 Å². The van der Waals surface area contributed by atoms with E-state index in [0.717, 1.165) is 30.8 Å². The third kappa shape index (κ3) is 3.76. The number of hydrogen-bond donors (Lipinski definition) is 1. The van der Waals surface area contributed by atoms with E-state index in [2.05, 4.69) is 27.3 Å². The number of carbonyl (C=O) groups is 1. The number of anilines is 1. The zero-order valence-electron chi connectivity index (χ0n) is 15.2. The highest BCUT2D eigenvalue weighted by atomic mass is 35.5. The van der Waals surface area contributed by atoms with Gasteiger partial charge in [-0.1, -0.05) is 41.9 Å². The SMILES string of the molecule is Cc1nn(Cc2ccccc2)c(Cl)c1C(=O)Nc1nc2c(s1)CN(C)CC2. The van der Waals surface area contributed by atoms with Gasteiger partial charge in [-0.3, -0.25) is 10.1 Å². The van der Waals surface area contributed by atoms with Crippen molar-refractivity contribution in [2.75, 3.05) is 18.9 Å². The van der Waals surface area contributed by atoms with Crippen LogP contribution in [-0.2, 0) is 19.5 Å². The maximum absolute atomic E-state index is 12.8. The zero-order valence-corrected chi connectivity index (χ0v) is 16.8. The normalized spacial score (nSPS) is 14.2. The van der Waals surface area contributed by atoms with E-state index in [1.807, 2.05) is 30.3 Å². The summed E-state index contributed by atoms with van der Waals surface area (Å²) in [6.45, 7) is 4.18. The van der Waals surface area contributed by atoms with Crippen molar-refractivity contribution in [1.82, 2.24) is 19.7 Å². The van der Waals surface area contributed by atoms with E-state index in [1.165, 1.54) is 16.2 Å². The van der Waals surface area contributed by atoms with E-state index < -0.39 is 0 Å². The van der Waals surface area contributed by atoms with Crippen LogP contribution < -0.4 is 5.32 Å². The van der Waals surface area contributed by atoms with Gasteiger partial charge in [0, 0.05) is 24.4 Å². The van der Waals surface area contributed by atoms with Crippen LogP contribution in [0.3, 0.4) is 0 Å². The van der Waals surface area contributed by atoms with E-state index in [1.54, 1.807) is 11.6 Å². The van der Waals surface area contributed by atoms with Crippen molar-refractivity contribution in [3.05, 3.63) is 62.9 Å². The highest BCUT2D eigenvalue weighted by molar-refractivity contribution is 7.15. The first-order valence-corrected chi connectivity index (χ1v) is 9.96. The second-order valence-corrected chi connectivity index (χ2v) is 8.17. The molecule has 27 heavy (non-hydrogen) atoms. The molecule has 3 heterocycles. The van der Waals surface area contributed by atoms with Crippen LogP contribution in [0.2, 0.25) is 5.15 Å². The molecule has 0 unspecified atom stereocenters. The van der Waals surface area contributed by atoms with Gasteiger partial charge in [-0.15, -0.1) is 11.3 Å². The highest BCUT2D eigenvalue weighted by Crippen LogP contribution is 2.29. The lowest BCUT2D eigenvalue weighted by atomic mass is 10.2. The molecule has 0 bridgehead atoms. The van der Waals surface area contributed by atoms with Crippen molar-refractivity contribution in [3.8, 4) is 0 Å². The number of halogens is 1. The molecule has 2 aromatic heterocycles. The van der Waals surface area contributed by atoms with Gasteiger partial charge in [0.1, 0.15) is 5.15 Å². The van der Waals surface area contributed by atoms with Crippen LogP contribution in [-0.4, -0.2) is 39.2 Å². The first-order valence-electron chi connectivity index (χ1n) is 8.76. The van der Waals surface area contributed by atoms with E-state index >= 15 is 0 Å². The number of nitrogens with zero attached hydrogens (tertiary/aromatic N) is 4. The van der Waals surface area contributed by atoms with E-state index in [-0.39, 0.29) is 5.91 Å². The summed E-state index contributed by atoms with van der Waals surface area (Å²) in [6, 6.07) is 9.90. The molecule has 3 aromatic rings. The first-order chi connectivity index (χ1) is 13.0. The van der Waals surface area contributed by atoms with Crippen molar-refractivity contribution in [2.24, 2.45) is 0 Å². The summed E-state index contributed by atoms with van der Waals surface area (Å²) in [5, 5.41) is 8.30. The number of amides is 1. The minimum atomic E-state index is -0.267. The summed E-state index contributed by atoms with van der Waals surface area (Å²) < 4.78 is 1.66. The predicted molar refractivity (Wildman–Crippen MR) is 108 cm³/mol. The number of carbonyl (C=O) groups excluding carboxylic acids is 1. The number of rotatable bonds is 4. The minimum Gasteiger partial charge on any atom is -0.301 e. The van der Waals surface area contributed by atoms with Gasteiger partial charge in [0.2, 0.25) is 0 Å². The van der Waals surface area contributed by atoms with Gasteiger partial charge in [0.05, 0.1) is 23.5 Å². The lowest BCUT2D eigenvalue weighted by Crippen LogP contribution is -2.25. The number of fused-ring (bicyclic) bond motifs is 1. The van der Waals surface area contributed by atoms with E-state index in [4.69, 9.17) is 11.6 Å². The van der Waals surface area contributed by atoms with Crippen LogP contribution in [0.4, 0.5) is 5.13 Å². The molecule has 0 aliphatic carbocycles. The Bertz CT molecular complexity index is 982. The summed E-state index contributed by atoms with van der Waals surface area (Å²) in [4.78, 5) is 20.8. The number of nitrogens with one attached hydrogen (secondary N) is 1. The molecule has 0 radical (unpaired) electrons. The summed E-state index contributed by atoms with van der Waals surface area (Å²) >= 11 is 8.00. The largest absolute Gasteiger partial charge is 0.301 e. The Labute approximate surface area is 166 Å². The smallest absolute Gasteiger partial charge is 0.262 e. The molecule has 140 valence electrons. The predicted octanol–water partition coefficient (Wildman–Crippen LogP) is 3.59. The molecular weight excluding hydrogens is 382 g/mol. The Kier molecular flexibility index (Phi) is 4.99. The molecule has 8 heteroatoms. The molecule has 0 saturated heterocycles. The topological polar surface area (TPSA) is 63.1 Å². The quantitative estimate of drug-likeness (QED) is 0.725. The van der Waals surface area contributed by atoms with Crippen molar-refractivity contribution >= 4 is 34.0 Å². The number of aryl methyl sites for hydroxylation is 1. The standard InChI is InChI=1S/C19H20ClN5OS/c1-12-16(17(20)25(23-12)10-13-6-4-3-5-7-13)18(26)22-19-21-14-8-9-24(2)11-15(14)27-19/h3-7H,8-11H2,1-2H3,(H,21,22,26). The molecule has 4 rings (SSSR count). The number of benzene rings is 1. The number of thiazole rings is 1. The van der Waals surface area contributed by atoms with Gasteiger partial charge in [-0.05, 0) is 19.5 Å². The first kappa shape index (κ1) is 18.2. The molecular formula is C19H20ClN5OS. The summed E-state index contributed by atoms with van der Waals surface area (Å²) in [6.07, 6.45) is 0.910. The average Bonchev–Trinajstić information content (AvgIpc) is 3.15. The molecule has 1 amide bonds. The van der Waals surface area contributed by atoms with E-state index in [9.17, 15) is 4.79 Å². The molecule has 0 spiro atoms. The van der Waals surface area contributed by atoms with Crippen LogP contribution >= 0.6 is 22.9 Å². The Balaban J connectivity index is 1.54. The molecule has 1 aliphatic heterocycles. The lowest BCUT2D eigenvalue weighted by molar-refractivity contribution is 0.102. The van der Waals surface area contributed by atoms with Crippen LogP contribution in [0.1, 0.15) is 32.2 Å². The lowest BCUT2D eigenvalue weighted by Gasteiger charge is -2.20. The molecule has 0 saturated carbocycles. The van der Waals surface area contributed by atoms with Gasteiger partial charge in [0.25, 0.3) is 5.91 Å². The van der Waals surface area contributed by atoms with Gasteiger partial charge in [0.15, 0.2) is 5.13 Å². The highest BCUT2D eigenvalue weighted by Gasteiger charge is 2.23. The molecule has 1 aromatic carbocycles. The van der Waals surface area contributed by atoms with E-state index in [0.29, 0.717) is 28.1 Å². The maximum Gasteiger partial charge on any atom is 0.262 e. The van der Waals surface area contributed by atoms with Crippen molar-refractivity contribution < 1.29 is 4.79 Å². The van der Waals surface area contributed by atoms with Gasteiger partial charge < -0.3 is 4.90 Å². The molecule has 0 atom stereocenters. The molecule has 1 N–H and O–H groups in total. The Morgan fingerprint density at radius 2 is 2.11 bits per heavy atom. The Morgan fingerprint density at radius 3 is 2.89 bits per heavy atom. The number of aromatic nitrogens is 3. The Hall–Kier alpha value is -2.22. The number of likely N-dealkylation sites (N-methyl/N-ethyl adjacent to an activating group) is 1. The Morgan fingerprint density at radius 1 is 1.33 bits per heavy atom. The summed E-state index contributed by atoms with van der Waals surface area (Å²) in [5.41, 5.74) is 3.16. The minimum absolute atomic E-state index is 0.267. The maximum atomic E-state index is 12.8. The van der Waals surface area contributed by atoms with Gasteiger partial charge >= 0.3 is 0 Å². The fraction of sp³-hybridized carbons (Fsp3) is 0.316. The monoisotopic (exact) mass is 401 g/mol. The average molecular weight is 402 g/mol. The van der Waals surface area contributed by atoms with Gasteiger partial charge in [-0.2, -0.15) is 5.10 Å². The number of hydrogen-bond acceptors (Lipinski definition) is 5. The van der Waals surface area contributed by atoms with Crippen molar-refractivity contribution in [1.29, 1.82) is 0 Å². The second kappa shape index (κ2) is 7.42. The van der Waals surface area contributed by atoms with Gasteiger partial charge in [-0.25, -0.2) is 9.67 Å². The fourth-order valence-electron chi connectivity index (χ4n) is 3.21. The second-order valence-electron chi connectivity index (χ2n) is 6.73.